The van der Waals surface area contributed by atoms with Crippen LogP contribution in [0, 0.1) is 0 Å². The minimum atomic E-state index is -3.91. The molecule has 1 heterocycles. The molecule has 3 aromatic carbocycles. The van der Waals surface area contributed by atoms with Gasteiger partial charge in [0.15, 0.2) is 0 Å². The quantitative estimate of drug-likeness (QED) is 0.554. The van der Waals surface area contributed by atoms with Crippen molar-refractivity contribution in [2.45, 2.75) is 4.90 Å². The zero-order chi connectivity index (χ0) is 23.0. The van der Waals surface area contributed by atoms with Gasteiger partial charge in [-0.25, -0.2) is 8.42 Å². The summed E-state index contributed by atoms with van der Waals surface area (Å²) in [6.07, 6.45) is 0. The molecule has 8 nitrogen and oxygen atoms in total. The molecule has 0 aromatic heterocycles. The molecule has 162 valence electrons. The van der Waals surface area contributed by atoms with E-state index in [0.29, 0.717) is 10.7 Å². The number of fused-ring (bicyclic) bond motifs is 1. The number of rotatable bonds is 5. The summed E-state index contributed by atoms with van der Waals surface area (Å²) >= 11 is 5.82. The van der Waals surface area contributed by atoms with E-state index in [1.165, 1.54) is 61.6 Å². The first-order valence-electron chi connectivity index (χ1n) is 9.32. The molecule has 0 saturated heterocycles. The molecule has 4 rings (SSSR count). The van der Waals surface area contributed by atoms with Crippen LogP contribution < -0.4 is 10.0 Å². The third kappa shape index (κ3) is 4.08. The Kier molecular flexibility index (Phi) is 5.45. The second kappa shape index (κ2) is 8.10. The molecular weight excluding hydrogens is 454 g/mol. The molecule has 2 N–H and O–H groups in total. The van der Waals surface area contributed by atoms with Gasteiger partial charge in [0.2, 0.25) is 0 Å². The number of nitrogens with one attached hydrogen (secondary N) is 2. The van der Waals surface area contributed by atoms with E-state index in [1.807, 2.05) is 0 Å². The minimum Gasteiger partial charge on any atom is -0.322 e. The van der Waals surface area contributed by atoms with E-state index in [1.54, 1.807) is 12.1 Å². The van der Waals surface area contributed by atoms with Crippen molar-refractivity contribution in [3.8, 4) is 0 Å². The van der Waals surface area contributed by atoms with E-state index in [9.17, 15) is 22.8 Å². The summed E-state index contributed by atoms with van der Waals surface area (Å²) in [6.45, 7) is 0. The normalized spacial score (nSPS) is 13.1. The fraction of sp³-hybridized carbons (Fsp3) is 0.0455. The maximum atomic E-state index is 12.7. The Hall–Kier alpha value is -3.69. The van der Waals surface area contributed by atoms with Crippen molar-refractivity contribution in [2.75, 3.05) is 17.1 Å². The van der Waals surface area contributed by atoms with Crippen LogP contribution in [0.1, 0.15) is 31.1 Å². The number of amides is 3. The number of anilines is 2. The Bertz CT molecular complexity index is 1370. The Morgan fingerprint density at radius 2 is 1.56 bits per heavy atom. The van der Waals surface area contributed by atoms with Gasteiger partial charge in [-0.3, -0.25) is 24.0 Å². The Labute approximate surface area is 188 Å². The van der Waals surface area contributed by atoms with Crippen molar-refractivity contribution in [3.63, 3.8) is 0 Å². The Balaban J connectivity index is 1.54. The van der Waals surface area contributed by atoms with Gasteiger partial charge in [-0.05, 0) is 60.7 Å². The zero-order valence-corrected chi connectivity index (χ0v) is 18.2. The molecular formula is C22H16ClN3O5S. The molecule has 0 bridgehead atoms. The highest BCUT2D eigenvalue weighted by atomic mass is 35.5. The molecule has 0 spiro atoms. The molecule has 1 aliphatic rings. The first-order valence-corrected chi connectivity index (χ1v) is 11.2. The lowest BCUT2D eigenvalue weighted by Crippen LogP contribution is -2.24. The average molecular weight is 470 g/mol. The maximum Gasteiger partial charge on any atom is 0.261 e. The van der Waals surface area contributed by atoms with E-state index in [4.69, 9.17) is 11.6 Å². The molecule has 0 atom stereocenters. The predicted molar refractivity (Wildman–Crippen MR) is 120 cm³/mol. The van der Waals surface area contributed by atoms with Crippen molar-refractivity contribution < 1.29 is 22.8 Å². The summed E-state index contributed by atoms with van der Waals surface area (Å²) in [5.74, 6) is -1.47. The second-order valence-corrected chi connectivity index (χ2v) is 9.14. The molecule has 0 aliphatic carbocycles. The van der Waals surface area contributed by atoms with Crippen LogP contribution in [0.5, 0.6) is 0 Å². The number of carbonyl (C=O) groups is 3. The fourth-order valence-corrected chi connectivity index (χ4v) is 4.41. The van der Waals surface area contributed by atoms with Crippen LogP contribution in [-0.2, 0) is 10.0 Å². The van der Waals surface area contributed by atoms with Gasteiger partial charge in [-0.15, -0.1) is 0 Å². The molecule has 10 heteroatoms. The summed E-state index contributed by atoms with van der Waals surface area (Å²) in [5.41, 5.74) is 1.12. The van der Waals surface area contributed by atoms with Gasteiger partial charge < -0.3 is 5.32 Å². The van der Waals surface area contributed by atoms with Crippen LogP contribution in [-0.4, -0.2) is 38.1 Å². The molecule has 1 aliphatic heterocycles. The summed E-state index contributed by atoms with van der Waals surface area (Å²) in [6, 6.07) is 16.1. The van der Waals surface area contributed by atoms with Gasteiger partial charge >= 0.3 is 0 Å². The SMILES string of the molecule is CN1C(=O)c2ccc(C(=O)Nc3cccc(S(=O)(=O)Nc4ccc(Cl)cc4)c3)cc2C1=O. The first-order chi connectivity index (χ1) is 15.2. The standard InChI is InChI=1S/C22H16ClN3O5S/c1-26-21(28)18-10-5-13(11-19(18)22(26)29)20(27)24-16-3-2-4-17(12-16)32(30,31)25-15-8-6-14(23)7-9-15/h2-12,25H,1H3,(H,24,27). The second-order valence-electron chi connectivity index (χ2n) is 7.02. The van der Waals surface area contributed by atoms with Gasteiger partial charge in [0.1, 0.15) is 0 Å². The van der Waals surface area contributed by atoms with E-state index in [-0.39, 0.29) is 27.3 Å². The number of carbonyl (C=O) groups excluding carboxylic acids is 3. The van der Waals surface area contributed by atoms with Crippen molar-refractivity contribution in [3.05, 3.63) is 88.4 Å². The van der Waals surface area contributed by atoms with Gasteiger partial charge in [0, 0.05) is 29.0 Å². The smallest absolute Gasteiger partial charge is 0.261 e. The topological polar surface area (TPSA) is 113 Å². The van der Waals surface area contributed by atoms with Crippen LogP contribution in [0.25, 0.3) is 0 Å². The van der Waals surface area contributed by atoms with Gasteiger partial charge in [-0.2, -0.15) is 0 Å². The Morgan fingerprint density at radius 1 is 0.875 bits per heavy atom. The number of benzene rings is 3. The lowest BCUT2D eigenvalue weighted by atomic mass is 10.1. The highest BCUT2D eigenvalue weighted by Gasteiger charge is 2.33. The molecule has 0 unspecified atom stereocenters. The number of nitrogens with zero attached hydrogens (tertiary/aromatic N) is 1. The van der Waals surface area contributed by atoms with Crippen molar-refractivity contribution >= 4 is 50.7 Å². The number of hydrogen-bond acceptors (Lipinski definition) is 5. The van der Waals surface area contributed by atoms with Crippen LogP contribution >= 0.6 is 11.6 Å². The van der Waals surface area contributed by atoms with Crippen molar-refractivity contribution in [1.82, 2.24) is 4.90 Å². The number of hydrogen-bond donors (Lipinski definition) is 2. The van der Waals surface area contributed by atoms with Crippen molar-refractivity contribution in [1.29, 1.82) is 0 Å². The first kappa shape index (κ1) is 21.5. The van der Waals surface area contributed by atoms with Crippen LogP contribution in [0.2, 0.25) is 5.02 Å². The summed E-state index contributed by atoms with van der Waals surface area (Å²) in [7, 11) is -2.54. The van der Waals surface area contributed by atoms with E-state index in [0.717, 1.165) is 4.90 Å². The minimum absolute atomic E-state index is 0.0541. The van der Waals surface area contributed by atoms with E-state index < -0.39 is 27.7 Å². The monoisotopic (exact) mass is 469 g/mol. The highest BCUT2D eigenvalue weighted by molar-refractivity contribution is 7.92. The third-order valence-corrected chi connectivity index (χ3v) is 6.48. The fourth-order valence-electron chi connectivity index (χ4n) is 3.18. The van der Waals surface area contributed by atoms with Gasteiger partial charge in [-0.1, -0.05) is 17.7 Å². The van der Waals surface area contributed by atoms with Crippen LogP contribution in [0.3, 0.4) is 0 Å². The van der Waals surface area contributed by atoms with Gasteiger partial charge in [0.25, 0.3) is 27.7 Å². The predicted octanol–water partition coefficient (Wildman–Crippen LogP) is 3.62. The van der Waals surface area contributed by atoms with E-state index >= 15 is 0 Å². The zero-order valence-electron chi connectivity index (χ0n) is 16.6. The molecule has 0 saturated carbocycles. The Morgan fingerprint density at radius 3 is 2.28 bits per heavy atom. The molecule has 3 amide bonds. The molecule has 0 radical (unpaired) electrons. The average Bonchev–Trinajstić information content (AvgIpc) is 2.99. The third-order valence-electron chi connectivity index (χ3n) is 4.85. The highest BCUT2D eigenvalue weighted by Crippen LogP contribution is 2.24. The largest absolute Gasteiger partial charge is 0.322 e. The number of imide groups is 1. The van der Waals surface area contributed by atoms with Crippen molar-refractivity contribution in [2.24, 2.45) is 0 Å². The van der Waals surface area contributed by atoms with Crippen LogP contribution in [0.15, 0.2) is 71.6 Å². The summed E-state index contributed by atoms with van der Waals surface area (Å²) in [5, 5.41) is 3.09. The van der Waals surface area contributed by atoms with Gasteiger partial charge in [0.05, 0.1) is 16.0 Å². The number of halogens is 1. The lowest BCUT2D eigenvalue weighted by Gasteiger charge is -2.11. The summed E-state index contributed by atoms with van der Waals surface area (Å²) in [4.78, 5) is 37.7. The molecule has 0 fully saturated rings. The summed E-state index contributed by atoms with van der Waals surface area (Å²) < 4.78 is 27.8. The van der Waals surface area contributed by atoms with Crippen LogP contribution in [0.4, 0.5) is 11.4 Å². The maximum absolute atomic E-state index is 12.7. The molecule has 32 heavy (non-hydrogen) atoms. The number of sulfonamides is 1. The lowest BCUT2D eigenvalue weighted by molar-refractivity contribution is 0.0693. The van der Waals surface area contributed by atoms with E-state index in [2.05, 4.69) is 10.0 Å². The molecule has 3 aromatic rings.